The van der Waals surface area contributed by atoms with Gasteiger partial charge in [0, 0.05) is 44.2 Å². The van der Waals surface area contributed by atoms with Gasteiger partial charge in [0.15, 0.2) is 0 Å². The van der Waals surface area contributed by atoms with E-state index in [0.717, 1.165) is 22.4 Å². The van der Waals surface area contributed by atoms with Gasteiger partial charge in [0.05, 0.1) is 0 Å². The Morgan fingerprint density at radius 3 is 2.56 bits per heavy atom. The van der Waals surface area contributed by atoms with Crippen LogP contribution in [-0.2, 0) is 20.6 Å². The van der Waals surface area contributed by atoms with Gasteiger partial charge in [-0.15, -0.1) is 0 Å². The SMILES string of the molecule is CCC(CSC)NCc1cc(=O)n(C)c(=O)n1C. The first kappa shape index (κ1) is 15.0. The molecule has 18 heavy (non-hydrogen) atoms. The van der Waals surface area contributed by atoms with Crippen LogP contribution in [0.3, 0.4) is 0 Å². The van der Waals surface area contributed by atoms with Gasteiger partial charge in [-0.1, -0.05) is 6.92 Å². The molecule has 1 unspecified atom stereocenters. The Morgan fingerprint density at radius 2 is 2.00 bits per heavy atom. The van der Waals surface area contributed by atoms with Gasteiger partial charge in [0.2, 0.25) is 0 Å². The molecule has 5 nitrogen and oxygen atoms in total. The van der Waals surface area contributed by atoms with Gasteiger partial charge in [0.25, 0.3) is 5.56 Å². The molecule has 0 amide bonds. The molecule has 0 aliphatic heterocycles. The van der Waals surface area contributed by atoms with Gasteiger partial charge in [-0.25, -0.2) is 4.79 Å². The maximum Gasteiger partial charge on any atom is 0.330 e. The highest BCUT2D eigenvalue weighted by atomic mass is 32.2. The highest BCUT2D eigenvalue weighted by molar-refractivity contribution is 7.98. The van der Waals surface area contributed by atoms with E-state index in [4.69, 9.17) is 0 Å². The minimum Gasteiger partial charge on any atom is -0.308 e. The molecule has 1 atom stereocenters. The lowest BCUT2D eigenvalue weighted by Crippen LogP contribution is -2.40. The van der Waals surface area contributed by atoms with E-state index < -0.39 is 0 Å². The van der Waals surface area contributed by atoms with Crippen molar-refractivity contribution in [3.05, 3.63) is 32.6 Å². The van der Waals surface area contributed by atoms with Crippen LogP contribution in [0.4, 0.5) is 0 Å². The standard InChI is InChI=1S/C12H21N3O2S/c1-5-9(8-18-4)13-7-10-6-11(16)15(3)12(17)14(10)2/h6,9,13H,5,7-8H2,1-4H3. The molecule has 1 aromatic heterocycles. The Labute approximate surface area is 111 Å². The Bertz CT molecular complexity index is 507. The van der Waals surface area contributed by atoms with Gasteiger partial charge >= 0.3 is 5.69 Å². The quantitative estimate of drug-likeness (QED) is 0.809. The lowest BCUT2D eigenvalue weighted by Gasteiger charge is -2.17. The molecule has 0 spiro atoms. The monoisotopic (exact) mass is 271 g/mol. The minimum atomic E-state index is -0.280. The van der Waals surface area contributed by atoms with E-state index in [2.05, 4.69) is 18.5 Å². The Hall–Kier alpha value is -1.01. The second kappa shape index (κ2) is 6.80. The highest BCUT2D eigenvalue weighted by Crippen LogP contribution is 2.02. The molecule has 6 heteroatoms. The van der Waals surface area contributed by atoms with Gasteiger partial charge < -0.3 is 5.32 Å². The van der Waals surface area contributed by atoms with Crippen molar-refractivity contribution in [1.29, 1.82) is 0 Å². The maximum absolute atomic E-state index is 11.7. The summed E-state index contributed by atoms with van der Waals surface area (Å²) in [5.41, 5.74) is 0.188. The molecule has 0 saturated heterocycles. The predicted molar refractivity (Wildman–Crippen MR) is 76.2 cm³/mol. The summed E-state index contributed by atoms with van der Waals surface area (Å²) in [5.74, 6) is 1.02. The number of nitrogens with one attached hydrogen (secondary N) is 1. The minimum absolute atomic E-state index is 0.257. The highest BCUT2D eigenvalue weighted by Gasteiger charge is 2.08. The zero-order chi connectivity index (χ0) is 13.7. The Morgan fingerprint density at radius 1 is 1.33 bits per heavy atom. The molecule has 0 aromatic carbocycles. The summed E-state index contributed by atoms with van der Waals surface area (Å²) in [7, 11) is 3.18. The lowest BCUT2D eigenvalue weighted by atomic mass is 10.2. The smallest absolute Gasteiger partial charge is 0.308 e. The van der Waals surface area contributed by atoms with Crippen molar-refractivity contribution >= 4 is 11.8 Å². The first-order chi connectivity index (χ1) is 8.51. The summed E-state index contributed by atoms with van der Waals surface area (Å²) in [4.78, 5) is 23.3. The van der Waals surface area contributed by atoms with Gasteiger partial charge in [-0.2, -0.15) is 11.8 Å². The fourth-order valence-corrected chi connectivity index (χ4v) is 2.48. The van der Waals surface area contributed by atoms with Crippen LogP contribution in [0.2, 0.25) is 0 Å². The molecule has 1 N–H and O–H groups in total. The number of aromatic nitrogens is 2. The molecule has 1 heterocycles. The van der Waals surface area contributed by atoms with Gasteiger partial charge in [-0.3, -0.25) is 13.9 Å². The van der Waals surface area contributed by atoms with E-state index >= 15 is 0 Å². The van der Waals surface area contributed by atoms with Crippen LogP contribution in [0.1, 0.15) is 19.0 Å². The molecule has 1 rings (SSSR count). The molecule has 0 radical (unpaired) electrons. The van der Waals surface area contributed by atoms with Crippen LogP contribution < -0.4 is 16.6 Å². The third kappa shape index (κ3) is 3.49. The number of hydrogen-bond acceptors (Lipinski definition) is 4. The third-order valence-electron chi connectivity index (χ3n) is 3.06. The van der Waals surface area contributed by atoms with E-state index in [1.54, 1.807) is 18.8 Å². The molecule has 0 aliphatic rings. The largest absolute Gasteiger partial charge is 0.330 e. The number of hydrogen-bond donors (Lipinski definition) is 1. The van der Waals surface area contributed by atoms with Crippen LogP contribution in [0, 0.1) is 0 Å². The summed E-state index contributed by atoms with van der Waals surface area (Å²) in [6.45, 7) is 2.66. The van der Waals surface area contributed by atoms with E-state index in [1.807, 2.05) is 0 Å². The molecule has 1 aromatic rings. The maximum atomic E-state index is 11.7. The van der Waals surface area contributed by atoms with E-state index in [1.165, 1.54) is 17.7 Å². The van der Waals surface area contributed by atoms with Gasteiger partial charge in [0.1, 0.15) is 0 Å². The number of thioether (sulfide) groups is 1. The Balaban J connectivity index is 2.86. The predicted octanol–water partition coefficient (Wildman–Crippen LogP) is 0.315. The first-order valence-corrected chi connectivity index (χ1v) is 7.38. The summed E-state index contributed by atoms with van der Waals surface area (Å²) in [5, 5.41) is 3.37. The van der Waals surface area contributed by atoms with Crippen molar-refractivity contribution < 1.29 is 0 Å². The second-order valence-corrected chi connectivity index (χ2v) is 5.23. The molecular weight excluding hydrogens is 250 g/mol. The average molecular weight is 271 g/mol. The fraction of sp³-hybridized carbons (Fsp3) is 0.667. The average Bonchev–Trinajstić information content (AvgIpc) is 2.37. The van der Waals surface area contributed by atoms with Gasteiger partial charge in [-0.05, 0) is 12.7 Å². The van der Waals surface area contributed by atoms with Crippen LogP contribution in [0.5, 0.6) is 0 Å². The normalized spacial score (nSPS) is 12.7. The number of nitrogens with zero attached hydrogens (tertiary/aromatic N) is 2. The van der Waals surface area contributed by atoms with Crippen LogP contribution >= 0.6 is 11.8 Å². The second-order valence-electron chi connectivity index (χ2n) is 4.32. The lowest BCUT2D eigenvalue weighted by molar-refractivity contribution is 0.517. The third-order valence-corrected chi connectivity index (χ3v) is 3.79. The molecular formula is C12H21N3O2S. The summed E-state index contributed by atoms with van der Waals surface area (Å²) >= 11 is 1.79. The van der Waals surface area contributed by atoms with Crippen molar-refractivity contribution in [2.75, 3.05) is 12.0 Å². The summed E-state index contributed by atoms with van der Waals surface area (Å²) < 4.78 is 2.63. The summed E-state index contributed by atoms with van der Waals surface area (Å²) in [6.07, 6.45) is 3.10. The summed E-state index contributed by atoms with van der Waals surface area (Å²) in [6, 6.07) is 1.92. The van der Waals surface area contributed by atoms with Crippen LogP contribution in [0.25, 0.3) is 0 Å². The van der Waals surface area contributed by atoms with Crippen molar-refractivity contribution in [2.24, 2.45) is 14.1 Å². The fourth-order valence-electron chi connectivity index (χ4n) is 1.72. The van der Waals surface area contributed by atoms with Crippen molar-refractivity contribution in [3.8, 4) is 0 Å². The number of rotatable bonds is 6. The molecule has 102 valence electrons. The van der Waals surface area contributed by atoms with Crippen molar-refractivity contribution in [1.82, 2.24) is 14.5 Å². The zero-order valence-corrected chi connectivity index (χ0v) is 12.2. The van der Waals surface area contributed by atoms with E-state index in [0.29, 0.717) is 12.6 Å². The molecule has 0 bridgehead atoms. The van der Waals surface area contributed by atoms with Crippen molar-refractivity contribution in [2.45, 2.75) is 25.9 Å². The van der Waals surface area contributed by atoms with Crippen molar-refractivity contribution in [3.63, 3.8) is 0 Å². The van der Waals surface area contributed by atoms with E-state index in [9.17, 15) is 9.59 Å². The molecule has 0 aliphatic carbocycles. The Kier molecular flexibility index (Phi) is 5.68. The molecule has 0 fully saturated rings. The van der Waals surface area contributed by atoms with Crippen LogP contribution in [-0.4, -0.2) is 27.2 Å². The van der Waals surface area contributed by atoms with E-state index in [-0.39, 0.29) is 11.2 Å². The van der Waals surface area contributed by atoms with Crippen LogP contribution in [0.15, 0.2) is 15.7 Å². The first-order valence-electron chi connectivity index (χ1n) is 5.99. The molecule has 0 saturated carbocycles. The zero-order valence-electron chi connectivity index (χ0n) is 11.4. The topological polar surface area (TPSA) is 56.0 Å².